The van der Waals surface area contributed by atoms with Crippen LogP contribution < -0.4 is 4.90 Å². The minimum absolute atomic E-state index is 0.0162. The van der Waals surface area contributed by atoms with Crippen molar-refractivity contribution in [3.63, 3.8) is 0 Å². The summed E-state index contributed by atoms with van der Waals surface area (Å²) in [4.78, 5) is 43.2. The number of aromatic nitrogens is 6. The van der Waals surface area contributed by atoms with E-state index in [1.165, 1.54) is 0 Å². The Hall–Kier alpha value is -4.24. The van der Waals surface area contributed by atoms with E-state index in [9.17, 15) is 4.79 Å². The topological polar surface area (TPSA) is 104 Å². The van der Waals surface area contributed by atoms with E-state index in [-0.39, 0.29) is 12.2 Å². The number of carbonyl (C=O) groups is 1. The van der Waals surface area contributed by atoms with Crippen LogP contribution in [0.25, 0.3) is 33.3 Å². The van der Waals surface area contributed by atoms with E-state index in [4.69, 9.17) is 0 Å². The number of carbonyl (C=O) groups excluding carboxylic acids is 1. The Morgan fingerprint density at radius 3 is 2.71 bits per heavy atom. The van der Waals surface area contributed by atoms with Crippen LogP contribution in [0.15, 0.2) is 61.3 Å². The number of H-pyrrole nitrogens is 1. The van der Waals surface area contributed by atoms with Gasteiger partial charge in [-0.1, -0.05) is 0 Å². The highest BCUT2D eigenvalue weighted by Gasteiger charge is 2.17. The first-order valence-electron chi connectivity index (χ1n) is 11.6. The number of hydrogen-bond acceptors (Lipinski definition) is 8. The molecule has 0 amide bonds. The Kier molecular flexibility index (Phi) is 5.38. The van der Waals surface area contributed by atoms with Crippen molar-refractivity contribution < 1.29 is 4.79 Å². The summed E-state index contributed by atoms with van der Waals surface area (Å²) in [5.74, 6) is 0.868. The van der Waals surface area contributed by atoms with E-state index in [2.05, 4.69) is 46.8 Å². The zero-order valence-corrected chi connectivity index (χ0v) is 19.3. The fourth-order valence-electron chi connectivity index (χ4n) is 4.35. The zero-order valence-electron chi connectivity index (χ0n) is 19.3. The molecule has 1 fully saturated rings. The molecule has 1 N–H and O–H groups in total. The van der Waals surface area contributed by atoms with Crippen molar-refractivity contribution >= 4 is 33.7 Å². The Morgan fingerprint density at radius 1 is 0.943 bits per heavy atom. The van der Waals surface area contributed by atoms with Crippen LogP contribution >= 0.6 is 0 Å². The number of piperazine rings is 1. The lowest BCUT2D eigenvalue weighted by atomic mass is 10.1. The summed E-state index contributed by atoms with van der Waals surface area (Å²) in [6.07, 6.45) is 8.96. The Bertz CT molecular complexity index is 1540. The van der Waals surface area contributed by atoms with Gasteiger partial charge in [-0.25, -0.2) is 15.0 Å². The standard InChI is InChI=1S/C26H24N8O/c1-33-6-8-34(9-7-33)25-12-17(2-4-27-25)24(35)13-20-11-18-10-19(14-30-22(18)15-29-20)23-16-31-26-21(32-23)3-5-28-26/h2-5,10-12,14-16H,6-9,13H2,1H3,(H,28,31). The summed E-state index contributed by atoms with van der Waals surface area (Å²) in [7, 11) is 2.12. The van der Waals surface area contributed by atoms with Gasteiger partial charge in [-0.2, -0.15) is 0 Å². The summed E-state index contributed by atoms with van der Waals surface area (Å²) in [5, 5.41) is 0.907. The molecule has 0 saturated carbocycles. The van der Waals surface area contributed by atoms with Gasteiger partial charge in [-0.3, -0.25) is 14.8 Å². The van der Waals surface area contributed by atoms with Crippen molar-refractivity contribution in [2.24, 2.45) is 0 Å². The summed E-state index contributed by atoms with van der Waals surface area (Å²) in [6.45, 7) is 3.79. The molecule has 0 unspecified atom stereocenters. The quantitative estimate of drug-likeness (QED) is 0.396. The fourth-order valence-corrected chi connectivity index (χ4v) is 4.35. The number of ketones is 1. The Labute approximate surface area is 201 Å². The molecule has 5 aromatic heterocycles. The number of aromatic amines is 1. The number of Topliss-reactive ketones (excluding diaryl/α,β-unsaturated/α-hetero) is 1. The molecular weight excluding hydrogens is 440 g/mol. The van der Waals surface area contributed by atoms with E-state index in [1.54, 1.807) is 30.9 Å². The molecule has 1 saturated heterocycles. The highest BCUT2D eigenvalue weighted by molar-refractivity contribution is 5.98. The summed E-state index contributed by atoms with van der Waals surface area (Å²) < 4.78 is 0. The van der Waals surface area contributed by atoms with Gasteiger partial charge in [0.1, 0.15) is 11.3 Å². The molecule has 174 valence electrons. The van der Waals surface area contributed by atoms with E-state index < -0.39 is 0 Å². The van der Waals surface area contributed by atoms with Crippen molar-refractivity contribution in [2.75, 3.05) is 38.1 Å². The van der Waals surface area contributed by atoms with Crippen LogP contribution in [-0.4, -0.2) is 73.8 Å². The highest BCUT2D eigenvalue weighted by Crippen LogP contribution is 2.23. The van der Waals surface area contributed by atoms with Crippen LogP contribution in [0.3, 0.4) is 0 Å². The first-order valence-corrected chi connectivity index (χ1v) is 11.6. The normalized spacial score (nSPS) is 14.6. The zero-order chi connectivity index (χ0) is 23.8. The highest BCUT2D eigenvalue weighted by atomic mass is 16.1. The molecule has 6 rings (SSSR count). The number of fused-ring (bicyclic) bond motifs is 2. The van der Waals surface area contributed by atoms with Crippen LogP contribution in [0.1, 0.15) is 16.1 Å². The van der Waals surface area contributed by atoms with Gasteiger partial charge < -0.3 is 14.8 Å². The van der Waals surface area contributed by atoms with Crippen LogP contribution in [0, 0.1) is 0 Å². The van der Waals surface area contributed by atoms with Gasteiger partial charge in [0.15, 0.2) is 11.4 Å². The van der Waals surface area contributed by atoms with Crippen LogP contribution in [-0.2, 0) is 6.42 Å². The van der Waals surface area contributed by atoms with Crippen molar-refractivity contribution in [2.45, 2.75) is 6.42 Å². The Morgan fingerprint density at radius 2 is 1.83 bits per heavy atom. The minimum Gasteiger partial charge on any atom is -0.354 e. The number of nitrogens with zero attached hydrogens (tertiary/aromatic N) is 7. The number of hydrogen-bond donors (Lipinski definition) is 1. The molecule has 1 aliphatic heterocycles. The number of nitrogens with one attached hydrogen (secondary N) is 1. The van der Waals surface area contributed by atoms with E-state index in [1.807, 2.05) is 30.5 Å². The molecule has 6 heterocycles. The SMILES string of the molecule is CN1CCN(c2cc(C(=O)Cc3cc4cc(-c5cnc6[nH]ccc6n5)cnc4cn3)ccn2)CC1. The van der Waals surface area contributed by atoms with Gasteiger partial charge in [0.05, 0.1) is 30.0 Å². The maximum absolute atomic E-state index is 13.1. The molecule has 35 heavy (non-hydrogen) atoms. The number of anilines is 1. The molecule has 9 heteroatoms. The van der Waals surface area contributed by atoms with Gasteiger partial charge in [0.2, 0.25) is 0 Å². The van der Waals surface area contributed by atoms with Gasteiger partial charge >= 0.3 is 0 Å². The fraction of sp³-hybridized carbons (Fsp3) is 0.231. The number of pyridine rings is 3. The average Bonchev–Trinajstić information content (AvgIpc) is 3.37. The maximum atomic E-state index is 13.1. The van der Waals surface area contributed by atoms with Gasteiger partial charge in [0.25, 0.3) is 0 Å². The predicted molar refractivity (Wildman–Crippen MR) is 134 cm³/mol. The van der Waals surface area contributed by atoms with E-state index in [0.29, 0.717) is 11.3 Å². The first-order chi connectivity index (χ1) is 17.1. The van der Waals surface area contributed by atoms with Crippen molar-refractivity contribution in [3.05, 3.63) is 72.6 Å². The molecule has 1 aliphatic rings. The smallest absolute Gasteiger partial charge is 0.169 e. The number of rotatable bonds is 5. The first kappa shape index (κ1) is 21.3. The third-order valence-corrected chi connectivity index (χ3v) is 6.42. The molecule has 0 aromatic carbocycles. The summed E-state index contributed by atoms with van der Waals surface area (Å²) in [5.41, 5.74) is 5.28. The molecule has 5 aromatic rings. The predicted octanol–water partition coefficient (Wildman–Crippen LogP) is 3.14. The van der Waals surface area contributed by atoms with Gasteiger partial charge in [-0.05, 0) is 37.4 Å². The monoisotopic (exact) mass is 464 g/mol. The molecule has 0 bridgehead atoms. The van der Waals surface area contributed by atoms with Crippen molar-refractivity contribution in [1.82, 2.24) is 34.8 Å². The lowest BCUT2D eigenvalue weighted by Gasteiger charge is -2.33. The summed E-state index contributed by atoms with van der Waals surface area (Å²) >= 11 is 0. The maximum Gasteiger partial charge on any atom is 0.169 e. The van der Waals surface area contributed by atoms with Crippen molar-refractivity contribution in [3.8, 4) is 11.3 Å². The lowest BCUT2D eigenvalue weighted by molar-refractivity contribution is 0.0992. The van der Waals surface area contributed by atoms with Crippen LogP contribution in [0.2, 0.25) is 0 Å². The second kappa shape index (κ2) is 8.84. The van der Waals surface area contributed by atoms with E-state index in [0.717, 1.165) is 65.3 Å². The van der Waals surface area contributed by atoms with Crippen LogP contribution in [0.5, 0.6) is 0 Å². The molecule has 0 spiro atoms. The third-order valence-electron chi connectivity index (χ3n) is 6.42. The second-order valence-corrected chi connectivity index (χ2v) is 8.85. The van der Waals surface area contributed by atoms with Gasteiger partial charge in [-0.15, -0.1) is 0 Å². The van der Waals surface area contributed by atoms with Crippen molar-refractivity contribution in [1.29, 1.82) is 0 Å². The largest absolute Gasteiger partial charge is 0.354 e. The van der Waals surface area contributed by atoms with Gasteiger partial charge in [0, 0.05) is 67.0 Å². The molecular formula is C26H24N8O. The number of likely N-dealkylation sites (N-methyl/N-ethyl adjacent to an activating group) is 1. The minimum atomic E-state index is 0.0162. The third kappa shape index (κ3) is 4.33. The lowest BCUT2D eigenvalue weighted by Crippen LogP contribution is -2.44. The average molecular weight is 465 g/mol. The molecule has 0 atom stereocenters. The molecule has 0 radical (unpaired) electrons. The molecule has 0 aliphatic carbocycles. The molecule has 9 nitrogen and oxygen atoms in total. The van der Waals surface area contributed by atoms with Crippen LogP contribution in [0.4, 0.5) is 5.82 Å². The Balaban J connectivity index is 1.24. The second-order valence-electron chi connectivity index (χ2n) is 8.85. The van der Waals surface area contributed by atoms with E-state index >= 15 is 0 Å². The summed E-state index contributed by atoms with van der Waals surface area (Å²) in [6, 6.07) is 9.50.